The summed E-state index contributed by atoms with van der Waals surface area (Å²) in [5, 5.41) is 14.4. The number of nitrogens with one attached hydrogen (secondary N) is 1. The minimum Gasteiger partial charge on any atom is -0.300 e. The normalized spacial score (nSPS) is 14.9. The molecule has 6 nitrogen and oxygen atoms in total. The fourth-order valence-electron chi connectivity index (χ4n) is 3.24. The molecule has 1 N–H and O–H groups in total. The summed E-state index contributed by atoms with van der Waals surface area (Å²) >= 11 is 4.75. The Morgan fingerprint density at radius 1 is 1.22 bits per heavy atom. The van der Waals surface area contributed by atoms with Gasteiger partial charge in [0.2, 0.25) is 11.0 Å². The Bertz CT molecular complexity index is 967. The van der Waals surface area contributed by atoms with Crippen LogP contribution < -0.4 is 5.32 Å². The Labute approximate surface area is 170 Å². The van der Waals surface area contributed by atoms with Gasteiger partial charge in [-0.25, -0.2) is 9.97 Å². The first-order valence-electron chi connectivity index (χ1n) is 9.24. The van der Waals surface area contributed by atoms with Gasteiger partial charge in [0.1, 0.15) is 21.2 Å². The first-order chi connectivity index (χ1) is 13.2. The maximum atomic E-state index is 12.8. The van der Waals surface area contributed by atoms with Gasteiger partial charge in [-0.2, -0.15) is 0 Å². The van der Waals surface area contributed by atoms with Crippen molar-refractivity contribution in [3.05, 3.63) is 21.8 Å². The lowest BCUT2D eigenvalue weighted by atomic mass is 9.97. The number of carbonyl (C=O) groups is 1. The average molecular weight is 420 g/mol. The van der Waals surface area contributed by atoms with Crippen LogP contribution in [0.2, 0.25) is 0 Å². The summed E-state index contributed by atoms with van der Waals surface area (Å²) in [6.07, 6.45) is 7.84. The molecule has 0 fully saturated rings. The van der Waals surface area contributed by atoms with Crippen LogP contribution in [0.4, 0.5) is 5.13 Å². The van der Waals surface area contributed by atoms with E-state index in [0.29, 0.717) is 11.6 Å². The minimum atomic E-state index is -0.226. The molecule has 0 radical (unpaired) electrons. The number of rotatable bonds is 6. The highest BCUT2D eigenvalue weighted by Crippen LogP contribution is 2.40. The molecule has 3 heterocycles. The molecule has 0 saturated heterocycles. The molecule has 27 heavy (non-hydrogen) atoms. The Hall–Kier alpha value is -1.58. The number of anilines is 1. The number of amides is 1. The molecule has 3 aromatic rings. The lowest BCUT2D eigenvalue weighted by Crippen LogP contribution is -2.24. The zero-order valence-corrected chi connectivity index (χ0v) is 17.8. The molecule has 9 heteroatoms. The van der Waals surface area contributed by atoms with E-state index in [1.807, 2.05) is 13.8 Å². The summed E-state index contributed by atoms with van der Waals surface area (Å²) in [6, 6.07) is 0. The molecule has 0 bridgehead atoms. The number of thioether (sulfide) groups is 1. The van der Waals surface area contributed by atoms with E-state index in [-0.39, 0.29) is 11.2 Å². The van der Waals surface area contributed by atoms with Gasteiger partial charge in [-0.3, -0.25) is 10.1 Å². The maximum Gasteiger partial charge on any atom is 0.239 e. The molecule has 1 atom stereocenters. The highest BCUT2D eigenvalue weighted by Gasteiger charge is 2.25. The predicted octanol–water partition coefficient (Wildman–Crippen LogP) is 4.49. The second-order valence-corrected chi connectivity index (χ2v) is 9.77. The molecule has 1 unspecified atom stereocenters. The molecule has 0 aliphatic heterocycles. The molecule has 3 aromatic heterocycles. The first kappa shape index (κ1) is 18.8. The third-order valence-electron chi connectivity index (χ3n) is 4.63. The molecule has 142 valence electrons. The van der Waals surface area contributed by atoms with Crippen LogP contribution in [0, 0.1) is 0 Å². The number of carbonyl (C=O) groups excluding carboxylic acids is 1. The van der Waals surface area contributed by atoms with Crippen molar-refractivity contribution in [1.82, 2.24) is 20.2 Å². The highest BCUT2D eigenvalue weighted by molar-refractivity contribution is 8.00. The van der Waals surface area contributed by atoms with Crippen LogP contribution in [0.25, 0.3) is 10.2 Å². The van der Waals surface area contributed by atoms with Crippen LogP contribution in [0.15, 0.2) is 11.4 Å². The predicted molar refractivity (Wildman–Crippen MR) is 112 cm³/mol. The van der Waals surface area contributed by atoms with E-state index in [0.717, 1.165) is 39.5 Å². The highest BCUT2D eigenvalue weighted by atomic mass is 32.2. The Kier molecular flexibility index (Phi) is 5.70. The number of hydrogen-bond acceptors (Lipinski definition) is 8. The maximum absolute atomic E-state index is 12.8. The molecular weight excluding hydrogens is 398 g/mol. The monoisotopic (exact) mass is 419 g/mol. The number of hydrogen-bond donors (Lipinski definition) is 1. The van der Waals surface area contributed by atoms with Crippen LogP contribution in [0.1, 0.15) is 48.6 Å². The lowest BCUT2D eigenvalue weighted by molar-refractivity contribution is -0.115. The number of aryl methyl sites for hydroxylation is 3. The van der Waals surface area contributed by atoms with Crippen molar-refractivity contribution in [2.75, 3.05) is 5.32 Å². The van der Waals surface area contributed by atoms with Crippen molar-refractivity contribution in [1.29, 1.82) is 0 Å². The van der Waals surface area contributed by atoms with Crippen LogP contribution in [-0.4, -0.2) is 31.3 Å². The molecule has 1 aliphatic carbocycles. The van der Waals surface area contributed by atoms with Gasteiger partial charge < -0.3 is 0 Å². The molecule has 0 spiro atoms. The van der Waals surface area contributed by atoms with E-state index in [4.69, 9.17) is 0 Å². The standard InChI is InChI=1S/C18H21N5OS3/c1-3-11(15(24)21-18-23-22-13(4-2)27-18)25-16-14-10-7-5-6-8-12(10)26-17(14)20-9-19-16/h9,11H,3-8H2,1-2H3,(H,21,23,24). The van der Waals surface area contributed by atoms with Crippen LogP contribution in [-0.2, 0) is 24.1 Å². The Balaban J connectivity index is 1.57. The van der Waals surface area contributed by atoms with Crippen molar-refractivity contribution < 1.29 is 4.79 Å². The number of thiophene rings is 1. The van der Waals surface area contributed by atoms with Gasteiger partial charge >= 0.3 is 0 Å². The fourth-order valence-corrected chi connectivity index (χ4v) is 6.26. The van der Waals surface area contributed by atoms with E-state index in [2.05, 4.69) is 25.5 Å². The van der Waals surface area contributed by atoms with Crippen LogP contribution in [0.3, 0.4) is 0 Å². The van der Waals surface area contributed by atoms with Gasteiger partial charge in [-0.15, -0.1) is 21.5 Å². The molecular formula is C18H21N5OS3. The SMILES string of the molecule is CCc1nnc(NC(=O)C(CC)Sc2ncnc3sc4c(c23)CCCC4)s1. The van der Waals surface area contributed by atoms with E-state index in [1.165, 1.54) is 46.4 Å². The first-order valence-corrected chi connectivity index (χ1v) is 11.8. The smallest absolute Gasteiger partial charge is 0.239 e. The third kappa shape index (κ3) is 3.86. The largest absolute Gasteiger partial charge is 0.300 e. The second kappa shape index (κ2) is 8.20. The number of aromatic nitrogens is 4. The Morgan fingerprint density at radius 2 is 2.07 bits per heavy atom. The van der Waals surface area contributed by atoms with E-state index in [1.54, 1.807) is 17.7 Å². The van der Waals surface area contributed by atoms with E-state index in [9.17, 15) is 4.79 Å². The fraction of sp³-hybridized carbons (Fsp3) is 0.500. The summed E-state index contributed by atoms with van der Waals surface area (Å²) in [7, 11) is 0. The Morgan fingerprint density at radius 3 is 2.85 bits per heavy atom. The minimum absolute atomic E-state index is 0.0443. The summed E-state index contributed by atoms with van der Waals surface area (Å²) < 4.78 is 0. The number of fused-ring (bicyclic) bond motifs is 3. The quantitative estimate of drug-likeness (QED) is 0.468. The third-order valence-corrected chi connectivity index (χ3v) is 8.18. The topological polar surface area (TPSA) is 80.7 Å². The second-order valence-electron chi connectivity index (χ2n) is 6.43. The van der Waals surface area contributed by atoms with E-state index < -0.39 is 0 Å². The summed E-state index contributed by atoms with van der Waals surface area (Å²) in [4.78, 5) is 24.3. The van der Waals surface area contributed by atoms with Crippen molar-refractivity contribution in [3.63, 3.8) is 0 Å². The molecule has 1 amide bonds. The van der Waals surface area contributed by atoms with Crippen molar-refractivity contribution in [3.8, 4) is 0 Å². The number of nitrogens with zero attached hydrogens (tertiary/aromatic N) is 4. The van der Waals surface area contributed by atoms with Crippen LogP contribution in [0.5, 0.6) is 0 Å². The van der Waals surface area contributed by atoms with E-state index >= 15 is 0 Å². The average Bonchev–Trinajstić information content (AvgIpc) is 3.30. The van der Waals surface area contributed by atoms with Gasteiger partial charge in [-0.05, 0) is 44.1 Å². The van der Waals surface area contributed by atoms with Gasteiger partial charge in [0.05, 0.1) is 5.25 Å². The van der Waals surface area contributed by atoms with Gasteiger partial charge in [0.25, 0.3) is 0 Å². The molecule has 1 aliphatic rings. The van der Waals surface area contributed by atoms with Gasteiger partial charge in [0.15, 0.2) is 0 Å². The lowest BCUT2D eigenvalue weighted by Gasteiger charge is -2.15. The molecule has 0 saturated carbocycles. The van der Waals surface area contributed by atoms with Crippen molar-refractivity contribution >= 4 is 55.7 Å². The van der Waals surface area contributed by atoms with Crippen molar-refractivity contribution in [2.45, 2.75) is 62.6 Å². The zero-order chi connectivity index (χ0) is 18.8. The zero-order valence-electron chi connectivity index (χ0n) is 15.3. The molecule has 0 aromatic carbocycles. The summed E-state index contributed by atoms with van der Waals surface area (Å²) in [5.74, 6) is -0.0443. The van der Waals surface area contributed by atoms with Crippen molar-refractivity contribution in [2.24, 2.45) is 0 Å². The van der Waals surface area contributed by atoms with Gasteiger partial charge in [-0.1, -0.05) is 36.9 Å². The van der Waals surface area contributed by atoms with Gasteiger partial charge in [0, 0.05) is 10.3 Å². The summed E-state index contributed by atoms with van der Waals surface area (Å²) in [6.45, 7) is 4.05. The molecule has 4 rings (SSSR count). The summed E-state index contributed by atoms with van der Waals surface area (Å²) in [5.41, 5.74) is 1.40. The van der Waals surface area contributed by atoms with Crippen LogP contribution >= 0.6 is 34.4 Å².